The lowest BCUT2D eigenvalue weighted by atomic mass is 10.2. The summed E-state index contributed by atoms with van der Waals surface area (Å²) in [7, 11) is 0. The molecule has 0 saturated heterocycles. The van der Waals surface area contributed by atoms with Crippen LogP contribution < -0.4 is 5.73 Å². The molecule has 4 N–H and O–H groups in total. The molecule has 0 radical (unpaired) electrons. The molecule has 0 saturated carbocycles. The van der Waals surface area contributed by atoms with Gasteiger partial charge in [0.25, 0.3) is 0 Å². The number of nitrogens with two attached hydrogens (primary N) is 1. The Kier molecular flexibility index (Phi) is 5.88. The maximum atomic E-state index is 9.09. The lowest BCUT2D eigenvalue weighted by Gasteiger charge is -2.14. The van der Waals surface area contributed by atoms with Crippen molar-refractivity contribution in [3.8, 4) is 0 Å². The van der Waals surface area contributed by atoms with E-state index in [9.17, 15) is 0 Å². The van der Waals surface area contributed by atoms with Gasteiger partial charge in [0, 0.05) is 20.6 Å². The standard InChI is InChI=1S/C12H18N2OS2/c1-3-16-9-5-4-6-10(11(9)12(13)14)17-8(2)7-15/h4-6,8,15H,3,7H2,1-2H3,(H3,13,14). The van der Waals surface area contributed by atoms with Crippen LogP contribution in [0.2, 0.25) is 0 Å². The largest absolute Gasteiger partial charge is 0.395 e. The van der Waals surface area contributed by atoms with Crippen molar-refractivity contribution in [1.29, 1.82) is 5.41 Å². The highest BCUT2D eigenvalue weighted by Gasteiger charge is 2.13. The van der Waals surface area contributed by atoms with Crippen LogP contribution in [-0.2, 0) is 0 Å². The quantitative estimate of drug-likeness (QED) is 0.422. The van der Waals surface area contributed by atoms with E-state index >= 15 is 0 Å². The Hall–Kier alpha value is -0.650. The number of nitrogens with one attached hydrogen (secondary N) is 1. The Morgan fingerprint density at radius 3 is 2.65 bits per heavy atom. The molecule has 1 rings (SSSR count). The number of rotatable bonds is 6. The molecular formula is C12H18N2OS2. The average molecular weight is 270 g/mol. The van der Waals surface area contributed by atoms with Crippen LogP contribution in [0.25, 0.3) is 0 Å². The van der Waals surface area contributed by atoms with E-state index in [-0.39, 0.29) is 17.7 Å². The van der Waals surface area contributed by atoms with Crippen LogP contribution in [0, 0.1) is 5.41 Å². The first-order chi connectivity index (χ1) is 8.10. The van der Waals surface area contributed by atoms with Gasteiger partial charge in [0.2, 0.25) is 0 Å². The molecule has 0 bridgehead atoms. The summed E-state index contributed by atoms with van der Waals surface area (Å²) in [5, 5.41) is 16.9. The molecule has 3 nitrogen and oxygen atoms in total. The van der Waals surface area contributed by atoms with Gasteiger partial charge >= 0.3 is 0 Å². The molecule has 0 aliphatic carbocycles. The van der Waals surface area contributed by atoms with Crippen LogP contribution in [0.1, 0.15) is 19.4 Å². The number of thioether (sulfide) groups is 2. The molecule has 1 aromatic carbocycles. The highest BCUT2D eigenvalue weighted by atomic mass is 32.2. The summed E-state index contributed by atoms with van der Waals surface area (Å²) < 4.78 is 0. The lowest BCUT2D eigenvalue weighted by molar-refractivity contribution is 0.300. The first-order valence-corrected chi connectivity index (χ1v) is 7.34. The van der Waals surface area contributed by atoms with E-state index in [1.807, 2.05) is 25.1 Å². The second-order valence-electron chi connectivity index (χ2n) is 3.59. The molecule has 0 aromatic heterocycles. The zero-order valence-corrected chi connectivity index (χ0v) is 11.7. The van der Waals surface area contributed by atoms with E-state index in [0.29, 0.717) is 0 Å². The highest BCUT2D eigenvalue weighted by molar-refractivity contribution is 8.00. The minimum atomic E-state index is 0.0918. The Morgan fingerprint density at radius 1 is 1.47 bits per heavy atom. The maximum Gasteiger partial charge on any atom is 0.125 e. The van der Waals surface area contributed by atoms with Crippen molar-refractivity contribution in [2.24, 2.45) is 5.73 Å². The van der Waals surface area contributed by atoms with E-state index < -0.39 is 0 Å². The summed E-state index contributed by atoms with van der Waals surface area (Å²) in [6.45, 7) is 4.14. The summed E-state index contributed by atoms with van der Waals surface area (Å²) in [6.07, 6.45) is 0. The van der Waals surface area contributed by atoms with Gasteiger partial charge in [-0.15, -0.1) is 23.5 Å². The van der Waals surface area contributed by atoms with Gasteiger partial charge in [0.15, 0.2) is 0 Å². The Labute approximate surface area is 111 Å². The zero-order chi connectivity index (χ0) is 12.8. The molecule has 0 amide bonds. The van der Waals surface area contributed by atoms with E-state index in [4.69, 9.17) is 16.2 Å². The molecule has 5 heteroatoms. The third-order valence-electron chi connectivity index (χ3n) is 2.14. The van der Waals surface area contributed by atoms with Crippen LogP contribution in [0.3, 0.4) is 0 Å². The number of nitrogen functional groups attached to an aromatic ring is 1. The fourth-order valence-corrected chi connectivity index (χ4v) is 3.32. The second kappa shape index (κ2) is 6.93. The van der Waals surface area contributed by atoms with Crippen molar-refractivity contribution >= 4 is 29.4 Å². The molecule has 0 fully saturated rings. The number of aliphatic hydroxyl groups excluding tert-OH is 1. The normalized spacial score (nSPS) is 12.4. The Balaban J connectivity index is 3.10. The van der Waals surface area contributed by atoms with E-state index in [0.717, 1.165) is 21.1 Å². The van der Waals surface area contributed by atoms with Gasteiger partial charge < -0.3 is 10.8 Å². The van der Waals surface area contributed by atoms with Gasteiger partial charge in [0.05, 0.1) is 6.61 Å². The molecule has 0 aliphatic rings. The minimum absolute atomic E-state index is 0.0918. The predicted octanol–water partition coefficient (Wildman–Crippen LogP) is 2.56. The molecule has 0 aliphatic heterocycles. The van der Waals surface area contributed by atoms with E-state index in [2.05, 4.69) is 6.92 Å². The van der Waals surface area contributed by atoms with Crippen molar-refractivity contribution in [2.45, 2.75) is 28.9 Å². The zero-order valence-electron chi connectivity index (χ0n) is 10.1. The van der Waals surface area contributed by atoms with Crippen LogP contribution in [0.5, 0.6) is 0 Å². The second-order valence-corrected chi connectivity index (χ2v) is 6.37. The smallest absolute Gasteiger partial charge is 0.125 e. The fraction of sp³-hybridized carbons (Fsp3) is 0.417. The van der Waals surface area contributed by atoms with Gasteiger partial charge in [-0.05, 0) is 17.9 Å². The van der Waals surface area contributed by atoms with Gasteiger partial charge in [-0.1, -0.05) is 19.9 Å². The number of hydrogen-bond donors (Lipinski definition) is 3. The van der Waals surface area contributed by atoms with Gasteiger partial charge in [-0.25, -0.2) is 0 Å². The third kappa shape index (κ3) is 3.94. The van der Waals surface area contributed by atoms with Crippen molar-refractivity contribution in [3.05, 3.63) is 23.8 Å². The maximum absolute atomic E-state index is 9.09. The van der Waals surface area contributed by atoms with Crippen LogP contribution >= 0.6 is 23.5 Å². The van der Waals surface area contributed by atoms with Gasteiger partial charge in [-0.2, -0.15) is 0 Å². The number of amidine groups is 1. The number of hydrogen-bond acceptors (Lipinski definition) is 4. The minimum Gasteiger partial charge on any atom is -0.395 e. The molecule has 1 atom stereocenters. The summed E-state index contributed by atoms with van der Waals surface area (Å²) in [5.41, 5.74) is 6.45. The number of aliphatic hydroxyl groups is 1. The first kappa shape index (κ1) is 14.4. The fourth-order valence-electron chi connectivity index (χ4n) is 1.40. The third-order valence-corrected chi connectivity index (χ3v) is 4.23. The summed E-state index contributed by atoms with van der Waals surface area (Å²) in [5.74, 6) is 1.04. The summed E-state index contributed by atoms with van der Waals surface area (Å²) in [6, 6.07) is 5.91. The topological polar surface area (TPSA) is 70.1 Å². The lowest BCUT2D eigenvalue weighted by Crippen LogP contribution is -2.15. The molecule has 1 unspecified atom stereocenters. The van der Waals surface area contributed by atoms with Crippen molar-refractivity contribution in [2.75, 3.05) is 12.4 Å². The molecule has 0 spiro atoms. The van der Waals surface area contributed by atoms with Crippen LogP contribution in [-0.4, -0.2) is 28.6 Å². The predicted molar refractivity (Wildman–Crippen MR) is 76.3 cm³/mol. The van der Waals surface area contributed by atoms with Gasteiger partial charge in [0.1, 0.15) is 5.84 Å². The SMILES string of the molecule is CCSc1cccc(SC(C)CO)c1C(=N)N. The molecule has 1 aromatic rings. The van der Waals surface area contributed by atoms with Crippen molar-refractivity contribution in [3.63, 3.8) is 0 Å². The summed E-state index contributed by atoms with van der Waals surface area (Å²) >= 11 is 3.24. The summed E-state index contributed by atoms with van der Waals surface area (Å²) in [4.78, 5) is 2.01. The average Bonchev–Trinajstić information content (AvgIpc) is 2.29. The van der Waals surface area contributed by atoms with Crippen LogP contribution in [0.15, 0.2) is 28.0 Å². The first-order valence-electron chi connectivity index (χ1n) is 5.47. The van der Waals surface area contributed by atoms with E-state index in [1.165, 1.54) is 0 Å². The molecule has 94 valence electrons. The monoisotopic (exact) mass is 270 g/mol. The highest BCUT2D eigenvalue weighted by Crippen LogP contribution is 2.33. The number of benzene rings is 1. The Bertz CT molecular complexity index is 396. The van der Waals surface area contributed by atoms with Crippen molar-refractivity contribution < 1.29 is 5.11 Å². The van der Waals surface area contributed by atoms with Crippen molar-refractivity contribution in [1.82, 2.24) is 0 Å². The molecule has 0 heterocycles. The molecular weight excluding hydrogens is 252 g/mol. The molecule has 17 heavy (non-hydrogen) atoms. The van der Waals surface area contributed by atoms with E-state index in [1.54, 1.807) is 23.5 Å². The van der Waals surface area contributed by atoms with Crippen LogP contribution in [0.4, 0.5) is 0 Å². The Morgan fingerprint density at radius 2 is 2.12 bits per heavy atom. The van der Waals surface area contributed by atoms with Gasteiger partial charge in [-0.3, -0.25) is 5.41 Å².